The molecular formula is C20H28FNO5. The minimum Gasteiger partial charge on any atom is -0.497 e. The summed E-state index contributed by atoms with van der Waals surface area (Å²) in [7, 11) is 1.55. The lowest BCUT2D eigenvalue weighted by Crippen LogP contribution is -2.81. The van der Waals surface area contributed by atoms with Crippen LogP contribution in [-0.4, -0.2) is 54.4 Å². The van der Waals surface area contributed by atoms with Gasteiger partial charge in [-0.25, -0.2) is 4.39 Å². The molecular weight excluding hydrogens is 353 g/mol. The molecule has 6 nitrogen and oxygen atoms in total. The van der Waals surface area contributed by atoms with Crippen molar-refractivity contribution in [1.29, 1.82) is 0 Å². The van der Waals surface area contributed by atoms with Crippen LogP contribution in [0.3, 0.4) is 0 Å². The SMILES string of the molecule is COc1ccc(N2C(=O)[C@@](F)(C(O)C(C)(C)C)[C@@H]2[C@H]2COC(C)(C)O2)cc1. The van der Waals surface area contributed by atoms with E-state index in [9.17, 15) is 9.90 Å². The quantitative estimate of drug-likeness (QED) is 0.812. The predicted molar refractivity (Wildman–Crippen MR) is 98.5 cm³/mol. The van der Waals surface area contributed by atoms with Crippen LogP contribution in [-0.2, 0) is 14.3 Å². The van der Waals surface area contributed by atoms with E-state index in [4.69, 9.17) is 14.2 Å². The first-order valence-corrected chi connectivity index (χ1v) is 9.08. The van der Waals surface area contributed by atoms with Gasteiger partial charge in [-0.1, -0.05) is 20.8 Å². The van der Waals surface area contributed by atoms with Crippen molar-refractivity contribution in [2.75, 3.05) is 18.6 Å². The largest absolute Gasteiger partial charge is 0.497 e. The minimum absolute atomic E-state index is 0.139. The zero-order valence-corrected chi connectivity index (χ0v) is 16.7. The summed E-state index contributed by atoms with van der Waals surface area (Å²) in [5.74, 6) is -1.01. The number of carbonyl (C=O) groups excluding carboxylic acids is 1. The maximum absolute atomic E-state index is 16.0. The zero-order chi connectivity index (χ0) is 20.2. The summed E-state index contributed by atoms with van der Waals surface area (Å²) < 4.78 is 32.6. The average molecular weight is 381 g/mol. The Kier molecular flexibility index (Phi) is 4.77. The molecule has 0 aromatic heterocycles. The number of anilines is 1. The van der Waals surface area contributed by atoms with Crippen LogP contribution in [0.25, 0.3) is 0 Å². The summed E-state index contributed by atoms with van der Waals surface area (Å²) in [6.07, 6.45) is -2.17. The Balaban J connectivity index is 1.99. The van der Waals surface area contributed by atoms with Crippen LogP contribution < -0.4 is 9.64 Å². The van der Waals surface area contributed by atoms with Gasteiger partial charge in [0.25, 0.3) is 5.91 Å². The Morgan fingerprint density at radius 1 is 1.30 bits per heavy atom. The first-order valence-electron chi connectivity index (χ1n) is 9.08. The van der Waals surface area contributed by atoms with E-state index in [0.29, 0.717) is 11.4 Å². The van der Waals surface area contributed by atoms with Gasteiger partial charge in [0.2, 0.25) is 5.67 Å². The van der Waals surface area contributed by atoms with Gasteiger partial charge in [0.15, 0.2) is 5.79 Å². The van der Waals surface area contributed by atoms with Crippen LogP contribution in [0.4, 0.5) is 10.1 Å². The van der Waals surface area contributed by atoms with Crippen molar-refractivity contribution in [2.24, 2.45) is 5.41 Å². The van der Waals surface area contributed by atoms with Crippen molar-refractivity contribution >= 4 is 11.6 Å². The van der Waals surface area contributed by atoms with Crippen LogP contribution in [0.1, 0.15) is 34.6 Å². The number of β-lactam (4-membered cyclic amide) rings is 1. The third-order valence-corrected chi connectivity index (χ3v) is 5.21. The number of hydrogen-bond acceptors (Lipinski definition) is 5. The third kappa shape index (κ3) is 3.22. The molecule has 0 aliphatic carbocycles. The molecule has 4 atom stereocenters. The number of benzene rings is 1. The molecule has 150 valence electrons. The van der Waals surface area contributed by atoms with E-state index in [2.05, 4.69) is 0 Å². The molecule has 3 rings (SSSR count). The lowest BCUT2D eigenvalue weighted by Gasteiger charge is -2.56. The monoisotopic (exact) mass is 381 g/mol. The second-order valence-electron chi connectivity index (χ2n) is 8.72. The third-order valence-electron chi connectivity index (χ3n) is 5.21. The number of nitrogens with zero attached hydrogens (tertiary/aromatic N) is 1. The van der Waals surface area contributed by atoms with Crippen LogP contribution in [0.5, 0.6) is 5.75 Å². The molecule has 0 radical (unpaired) electrons. The van der Waals surface area contributed by atoms with E-state index in [1.54, 1.807) is 66.0 Å². The van der Waals surface area contributed by atoms with Crippen molar-refractivity contribution in [1.82, 2.24) is 0 Å². The summed E-state index contributed by atoms with van der Waals surface area (Å²) >= 11 is 0. The molecule has 2 aliphatic heterocycles. The molecule has 1 amide bonds. The topological polar surface area (TPSA) is 68.2 Å². The highest BCUT2D eigenvalue weighted by Crippen LogP contribution is 2.49. The lowest BCUT2D eigenvalue weighted by atomic mass is 9.68. The van der Waals surface area contributed by atoms with Gasteiger partial charge >= 0.3 is 0 Å². The standard InChI is InChI=1S/C20H28FNO5/c1-18(2,3)16(23)20(21)15(14-11-26-19(4,5)27-14)22(17(20)24)12-7-9-13(25-6)10-8-12/h7-10,14-16,23H,11H2,1-6H3/t14-,15+,16?,20+/m1/s1. The number of amides is 1. The normalized spacial score (nSPS) is 31.6. The van der Waals surface area contributed by atoms with E-state index in [1.165, 1.54) is 4.90 Å². The Bertz CT molecular complexity index is 714. The molecule has 0 saturated carbocycles. The number of hydrogen-bond donors (Lipinski definition) is 1. The second kappa shape index (κ2) is 6.43. The first kappa shape index (κ1) is 20.0. The van der Waals surface area contributed by atoms with Crippen molar-refractivity contribution in [3.63, 3.8) is 0 Å². The van der Waals surface area contributed by atoms with Gasteiger partial charge in [0.05, 0.1) is 13.7 Å². The van der Waals surface area contributed by atoms with Gasteiger partial charge in [-0.3, -0.25) is 9.69 Å². The second-order valence-corrected chi connectivity index (χ2v) is 8.72. The molecule has 1 unspecified atom stereocenters. The highest BCUT2D eigenvalue weighted by atomic mass is 19.1. The molecule has 1 N–H and O–H groups in total. The number of carbonyl (C=O) groups is 1. The van der Waals surface area contributed by atoms with E-state index >= 15 is 4.39 Å². The summed E-state index contributed by atoms with van der Waals surface area (Å²) in [5.41, 5.74) is -2.75. The molecule has 1 aromatic rings. The highest BCUT2D eigenvalue weighted by molar-refractivity contribution is 6.09. The van der Waals surface area contributed by atoms with E-state index in [0.717, 1.165) is 0 Å². The number of rotatable bonds is 4. The van der Waals surface area contributed by atoms with Gasteiger partial charge in [-0.2, -0.15) is 0 Å². The summed E-state index contributed by atoms with van der Waals surface area (Å²) in [6, 6.07) is 5.79. The van der Waals surface area contributed by atoms with E-state index < -0.39 is 41.0 Å². The fourth-order valence-electron chi connectivity index (χ4n) is 3.80. The molecule has 0 bridgehead atoms. The van der Waals surface area contributed by atoms with Gasteiger partial charge < -0.3 is 19.3 Å². The number of aliphatic hydroxyl groups excluding tert-OH is 1. The van der Waals surface area contributed by atoms with Crippen LogP contribution in [0, 0.1) is 5.41 Å². The minimum atomic E-state index is -2.45. The van der Waals surface area contributed by atoms with E-state index in [-0.39, 0.29) is 6.61 Å². The molecule has 27 heavy (non-hydrogen) atoms. The smallest absolute Gasteiger partial charge is 0.270 e. The Morgan fingerprint density at radius 3 is 2.33 bits per heavy atom. The molecule has 2 heterocycles. The lowest BCUT2D eigenvalue weighted by molar-refractivity contribution is -0.184. The molecule has 0 spiro atoms. The van der Waals surface area contributed by atoms with Crippen molar-refractivity contribution in [2.45, 2.75) is 64.3 Å². The number of ether oxygens (including phenoxy) is 3. The molecule has 2 fully saturated rings. The molecule has 2 aliphatic rings. The highest BCUT2D eigenvalue weighted by Gasteiger charge is 2.71. The molecule has 7 heteroatoms. The summed E-state index contributed by atoms with van der Waals surface area (Å²) in [5, 5.41) is 10.7. The molecule has 2 saturated heterocycles. The first-order chi connectivity index (χ1) is 12.4. The van der Waals surface area contributed by atoms with E-state index in [1.807, 2.05) is 0 Å². The van der Waals surface area contributed by atoms with Crippen molar-refractivity contribution < 1.29 is 28.5 Å². The van der Waals surface area contributed by atoms with Crippen molar-refractivity contribution in [3.8, 4) is 5.75 Å². The number of halogens is 1. The number of methoxy groups -OCH3 is 1. The number of alkyl halides is 1. The maximum atomic E-state index is 16.0. The van der Waals surface area contributed by atoms with Crippen LogP contribution in [0.2, 0.25) is 0 Å². The fourth-order valence-corrected chi connectivity index (χ4v) is 3.80. The van der Waals surface area contributed by atoms with Crippen molar-refractivity contribution in [3.05, 3.63) is 24.3 Å². The Labute approximate surface area is 159 Å². The van der Waals surface area contributed by atoms with Gasteiger partial charge in [-0.15, -0.1) is 0 Å². The van der Waals surface area contributed by atoms with Gasteiger partial charge in [-0.05, 0) is 43.5 Å². The zero-order valence-electron chi connectivity index (χ0n) is 16.7. The molecule has 1 aromatic carbocycles. The number of aliphatic hydroxyl groups is 1. The summed E-state index contributed by atoms with van der Waals surface area (Å²) in [4.78, 5) is 14.3. The summed E-state index contributed by atoms with van der Waals surface area (Å²) in [6.45, 7) is 8.73. The maximum Gasteiger partial charge on any atom is 0.270 e. The van der Waals surface area contributed by atoms with Crippen LogP contribution in [0.15, 0.2) is 24.3 Å². The van der Waals surface area contributed by atoms with Gasteiger partial charge in [0, 0.05) is 5.69 Å². The Hall–Kier alpha value is -1.70. The average Bonchev–Trinajstić information content (AvgIpc) is 2.96. The van der Waals surface area contributed by atoms with Crippen LogP contribution >= 0.6 is 0 Å². The predicted octanol–water partition coefficient (Wildman–Crippen LogP) is 2.68. The van der Waals surface area contributed by atoms with Gasteiger partial charge in [0.1, 0.15) is 24.0 Å². The Morgan fingerprint density at radius 2 is 1.89 bits per heavy atom. The fraction of sp³-hybridized carbons (Fsp3) is 0.650.